The van der Waals surface area contributed by atoms with Gasteiger partial charge >= 0.3 is 12.1 Å². The zero-order valence-corrected chi connectivity index (χ0v) is 24.4. The molecule has 12 nitrogen and oxygen atoms in total. The summed E-state index contributed by atoms with van der Waals surface area (Å²) in [6.45, 7) is 7.84. The second kappa shape index (κ2) is 14.9. The lowest BCUT2D eigenvalue weighted by Crippen LogP contribution is -2.56. The van der Waals surface area contributed by atoms with E-state index in [0.717, 1.165) is 0 Å². The number of rotatable bonds is 8. The number of hydrogen-bond donors (Lipinski definition) is 2. The zero-order valence-electron chi connectivity index (χ0n) is 24.4. The molecule has 3 rings (SSSR count). The number of nitrogens with one attached hydrogen (secondary N) is 1. The molecular formula is C30H37N5O7. The zero-order chi connectivity index (χ0) is 30.7. The first-order chi connectivity index (χ1) is 20.0. The molecule has 0 bridgehead atoms. The third-order valence-corrected chi connectivity index (χ3v) is 6.06. The number of esters is 1. The van der Waals surface area contributed by atoms with Crippen molar-refractivity contribution in [1.29, 1.82) is 0 Å². The number of carbonyl (C=O) groups excluding carboxylic acids is 4. The molecule has 2 N–H and O–H groups in total. The Labute approximate surface area is 245 Å². The monoisotopic (exact) mass is 579 g/mol. The van der Waals surface area contributed by atoms with E-state index in [9.17, 15) is 19.2 Å². The minimum absolute atomic E-state index is 0.00855. The molecule has 1 aromatic heterocycles. The first-order valence-electron chi connectivity index (χ1n) is 13.8. The van der Waals surface area contributed by atoms with Crippen molar-refractivity contribution in [3.8, 4) is 23.2 Å². The number of carbonyl (C=O) groups is 4. The number of benzene rings is 1. The van der Waals surface area contributed by atoms with Gasteiger partial charge in [-0.05, 0) is 40.0 Å². The highest BCUT2D eigenvalue weighted by molar-refractivity contribution is 5.96. The topological polar surface area (TPSA) is 151 Å². The minimum Gasteiger partial charge on any atom is -0.460 e. The average molecular weight is 580 g/mol. The van der Waals surface area contributed by atoms with Crippen LogP contribution in [0, 0.1) is 11.8 Å². The van der Waals surface area contributed by atoms with E-state index in [0.29, 0.717) is 5.56 Å². The summed E-state index contributed by atoms with van der Waals surface area (Å²) in [5, 5.41) is 11.9. The van der Waals surface area contributed by atoms with E-state index in [1.54, 1.807) is 56.9 Å². The molecule has 0 spiro atoms. The van der Waals surface area contributed by atoms with Crippen molar-refractivity contribution in [2.24, 2.45) is 0 Å². The van der Waals surface area contributed by atoms with Crippen molar-refractivity contribution >= 4 is 23.9 Å². The Morgan fingerprint density at radius 2 is 1.71 bits per heavy atom. The Kier molecular flexibility index (Phi) is 11.4. The van der Waals surface area contributed by atoms with Gasteiger partial charge in [0.1, 0.15) is 29.6 Å². The summed E-state index contributed by atoms with van der Waals surface area (Å²) in [4.78, 5) is 63.5. The van der Waals surface area contributed by atoms with Gasteiger partial charge in [0, 0.05) is 44.2 Å². The summed E-state index contributed by atoms with van der Waals surface area (Å²) < 4.78 is 10.4. The summed E-state index contributed by atoms with van der Waals surface area (Å²) in [5.41, 5.74) is 0.128. The van der Waals surface area contributed by atoms with Crippen LogP contribution in [0.25, 0.3) is 11.4 Å². The molecule has 1 aliphatic heterocycles. The molecule has 1 atom stereocenters. The number of ether oxygens (including phenoxy) is 2. The molecule has 2 heterocycles. The van der Waals surface area contributed by atoms with Crippen LogP contribution in [-0.2, 0) is 19.1 Å². The van der Waals surface area contributed by atoms with E-state index in [1.165, 1.54) is 11.0 Å². The maximum absolute atomic E-state index is 13.6. The second-order valence-corrected chi connectivity index (χ2v) is 10.5. The fourth-order valence-corrected chi connectivity index (χ4v) is 4.16. The van der Waals surface area contributed by atoms with Gasteiger partial charge in [0.15, 0.2) is 5.82 Å². The number of aromatic nitrogens is 2. The molecule has 1 saturated heterocycles. The standard InChI is InChI=1S/C30H37N5O7/c1-5-41-29(40)35-17-15-34(16-18-35)28(39)23(13-14-25(37)42-30(2,3)4)33-27(38)24-20-22(12-9-19-36)31-26(32-24)21-10-7-6-8-11-21/h6-8,10-11,20,23,36H,5,13-19H2,1-4H3,(H,33,38). The average Bonchev–Trinajstić information content (AvgIpc) is 2.97. The first-order valence-corrected chi connectivity index (χ1v) is 13.8. The van der Waals surface area contributed by atoms with Gasteiger partial charge in [-0.1, -0.05) is 36.3 Å². The molecule has 2 aromatic rings. The largest absolute Gasteiger partial charge is 0.460 e. The minimum atomic E-state index is -1.07. The Bertz CT molecular complexity index is 1320. The predicted octanol–water partition coefficient (Wildman–Crippen LogP) is 2.01. The number of amides is 3. The summed E-state index contributed by atoms with van der Waals surface area (Å²) in [6, 6.07) is 9.31. The summed E-state index contributed by atoms with van der Waals surface area (Å²) >= 11 is 0. The quantitative estimate of drug-likeness (QED) is 0.353. The van der Waals surface area contributed by atoms with E-state index in [-0.39, 0.29) is 62.8 Å². The summed E-state index contributed by atoms with van der Waals surface area (Å²) in [6.07, 6.45) is -0.563. The van der Waals surface area contributed by atoms with Crippen molar-refractivity contribution in [3.63, 3.8) is 0 Å². The second-order valence-electron chi connectivity index (χ2n) is 10.5. The van der Waals surface area contributed by atoms with Gasteiger partial charge in [-0.15, -0.1) is 0 Å². The first kappa shape index (κ1) is 32.0. The van der Waals surface area contributed by atoms with Gasteiger partial charge in [-0.2, -0.15) is 0 Å². The lowest BCUT2D eigenvalue weighted by Gasteiger charge is -2.36. The van der Waals surface area contributed by atoms with Crippen LogP contribution in [0.4, 0.5) is 4.79 Å². The van der Waals surface area contributed by atoms with E-state index in [1.807, 2.05) is 6.07 Å². The van der Waals surface area contributed by atoms with Crippen molar-refractivity contribution in [1.82, 2.24) is 25.1 Å². The highest BCUT2D eigenvalue weighted by Gasteiger charge is 2.32. The van der Waals surface area contributed by atoms with Crippen LogP contribution < -0.4 is 5.32 Å². The molecule has 0 aliphatic carbocycles. The smallest absolute Gasteiger partial charge is 0.409 e. The van der Waals surface area contributed by atoms with Gasteiger partial charge in [0.25, 0.3) is 5.91 Å². The molecule has 42 heavy (non-hydrogen) atoms. The molecule has 0 saturated carbocycles. The van der Waals surface area contributed by atoms with Gasteiger partial charge in [0.2, 0.25) is 5.91 Å². The van der Waals surface area contributed by atoms with Crippen molar-refractivity contribution in [3.05, 3.63) is 47.8 Å². The van der Waals surface area contributed by atoms with Crippen molar-refractivity contribution < 1.29 is 33.8 Å². The van der Waals surface area contributed by atoms with Crippen LogP contribution in [0.3, 0.4) is 0 Å². The Hall–Kier alpha value is -4.50. The van der Waals surface area contributed by atoms with E-state index in [2.05, 4.69) is 27.1 Å². The maximum atomic E-state index is 13.6. The lowest BCUT2D eigenvalue weighted by molar-refractivity contribution is -0.155. The molecule has 1 unspecified atom stereocenters. The summed E-state index contributed by atoms with van der Waals surface area (Å²) in [5.74, 6) is 3.91. The van der Waals surface area contributed by atoms with Gasteiger partial charge in [-0.25, -0.2) is 14.8 Å². The molecule has 224 valence electrons. The van der Waals surface area contributed by atoms with Crippen LogP contribution >= 0.6 is 0 Å². The predicted molar refractivity (Wildman–Crippen MR) is 153 cm³/mol. The highest BCUT2D eigenvalue weighted by atomic mass is 16.6. The van der Waals surface area contributed by atoms with Gasteiger partial charge in [0.05, 0.1) is 6.61 Å². The van der Waals surface area contributed by atoms with Crippen molar-refractivity contribution in [2.75, 3.05) is 39.4 Å². The van der Waals surface area contributed by atoms with Gasteiger partial charge in [-0.3, -0.25) is 14.4 Å². The van der Waals surface area contributed by atoms with Crippen LogP contribution in [0.1, 0.15) is 56.7 Å². The molecule has 0 radical (unpaired) electrons. The maximum Gasteiger partial charge on any atom is 0.409 e. The molecule has 1 aliphatic rings. The van der Waals surface area contributed by atoms with E-state index < -0.39 is 42.1 Å². The van der Waals surface area contributed by atoms with Crippen LogP contribution in [0.5, 0.6) is 0 Å². The number of hydrogen-bond acceptors (Lipinski definition) is 9. The normalized spacial score (nSPS) is 13.8. The molecule has 1 fully saturated rings. The molecule has 12 heteroatoms. The van der Waals surface area contributed by atoms with Crippen LogP contribution in [0.2, 0.25) is 0 Å². The number of nitrogens with zero attached hydrogens (tertiary/aromatic N) is 4. The third kappa shape index (κ3) is 9.55. The van der Waals surface area contributed by atoms with Crippen molar-refractivity contribution in [2.45, 2.75) is 52.2 Å². The number of aliphatic hydroxyl groups excluding tert-OH is 1. The Balaban J connectivity index is 1.83. The van der Waals surface area contributed by atoms with E-state index in [4.69, 9.17) is 14.6 Å². The Morgan fingerprint density at radius 1 is 1.05 bits per heavy atom. The summed E-state index contributed by atoms with van der Waals surface area (Å²) in [7, 11) is 0. The molecule has 1 aromatic carbocycles. The van der Waals surface area contributed by atoms with Crippen LogP contribution in [0.15, 0.2) is 36.4 Å². The lowest BCUT2D eigenvalue weighted by atomic mass is 10.1. The van der Waals surface area contributed by atoms with E-state index >= 15 is 0 Å². The third-order valence-electron chi connectivity index (χ3n) is 6.06. The fraction of sp³-hybridized carbons (Fsp3) is 0.467. The van der Waals surface area contributed by atoms with Crippen LogP contribution in [-0.4, -0.2) is 99.8 Å². The van der Waals surface area contributed by atoms with Gasteiger partial charge < -0.3 is 29.7 Å². The number of piperazine rings is 1. The molecule has 3 amide bonds. The number of aliphatic hydroxyl groups is 1. The highest BCUT2D eigenvalue weighted by Crippen LogP contribution is 2.17. The fourth-order valence-electron chi connectivity index (χ4n) is 4.16. The molecular weight excluding hydrogens is 542 g/mol. The SMILES string of the molecule is CCOC(=O)N1CCN(C(=O)C(CCC(=O)OC(C)(C)C)NC(=O)c2cc(C#CCO)nc(-c3ccccc3)n2)CC1. The Morgan fingerprint density at radius 3 is 2.33 bits per heavy atom.